The van der Waals surface area contributed by atoms with Gasteiger partial charge in [-0.15, -0.1) is 0 Å². The summed E-state index contributed by atoms with van der Waals surface area (Å²) < 4.78 is 0. The number of phenolic OH excluding ortho intramolecular Hbond substituents is 2. The molecule has 3 aromatic rings. The molecule has 0 unspecified atom stereocenters. The number of aromatic nitrogens is 1. The van der Waals surface area contributed by atoms with Crippen LogP contribution < -0.4 is 0 Å². The maximum absolute atomic E-state index is 10.7. The Labute approximate surface area is 96.1 Å². The minimum absolute atomic E-state index is 0.167. The van der Waals surface area contributed by atoms with Gasteiger partial charge in [0.25, 0.3) is 0 Å². The number of rotatable bonds is 1. The number of nitrogens with one attached hydrogen (secondary N) is 1. The number of phenols is 2. The highest BCUT2D eigenvalue weighted by Gasteiger charge is 2.11. The maximum atomic E-state index is 10.7. The van der Waals surface area contributed by atoms with Crippen LogP contribution in [0.25, 0.3) is 21.8 Å². The maximum Gasteiger partial charge on any atom is 0.182 e. The van der Waals surface area contributed by atoms with Gasteiger partial charge in [0.15, 0.2) is 11.5 Å². The number of hydrogen-bond acceptors (Lipinski definition) is 3. The van der Waals surface area contributed by atoms with Crippen molar-refractivity contribution in [2.75, 3.05) is 0 Å². The van der Waals surface area contributed by atoms with Gasteiger partial charge in [0.2, 0.25) is 0 Å². The second-order valence-electron chi connectivity index (χ2n) is 3.90. The topological polar surface area (TPSA) is 73.3 Å². The molecule has 0 atom stereocenters. The third kappa shape index (κ3) is 1.27. The minimum atomic E-state index is -0.175. The SMILES string of the molecule is O=Cc1ccc2[nH]c3c(O)c(O)ccc3c2c1. The first kappa shape index (κ1) is 9.72. The second-order valence-corrected chi connectivity index (χ2v) is 3.90. The molecule has 2 aromatic carbocycles. The highest BCUT2D eigenvalue weighted by molar-refractivity contribution is 6.10. The van der Waals surface area contributed by atoms with Crippen LogP contribution >= 0.6 is 0 Å². The summed E-state index contributed by atoms with van der Waals surface area (Å²) in [6, 6.07) is 8.35. The molecule has 1 aromatic heterocycles. The Kier molecular flexibility index (Phi) is 1.86. The molecule has 0 aliphatic heterocycles. The van der Waals surface area contributed by atoms with Crippen LogP contribution in [0, 0.1) is 0 Å². The van der Waals surface area contributed by atoms with Gasteiger partial charge in [0, 0.05) is 21.9 Å². The molecule has 3 rings (SSSR count). The van der Waals surface area contributed by atoms with Gasteiger partial charge in [-0.2, -0.15) is 0 Å². The van der Waals surface area contributed by atoms with Crippen molar-refractivity contribution in [2.24, 2.45) is 0 Å². The second kappa shape index (κ2) is 3.25. The van der Waals surface area contributed by atoms with E-state index in [0.29, 0.717) is 11.1 Å². The van der Waals surface area contributed by atoms with Crippen LogP contribution in [0.2, 0.25) is 0 Å². The largest absolute Gasteiger partial charge is 0.504 e. The van der Waals surface area contributed by atoms with E-state index in [0.717, 1.165) is 22.6 Å². The van der Waals surface area contributed by atoms with Crippen molar-refractivity contribution in [1.82, 2.24) is 4.98 Å². The number of benzene rings is 2. The number of fused-ring (bicyclic) bond motifs is 3. The monoisotopic (exact) mass is 227 g/mol. The average molecular weight is 227 g/mol. The number of carbonyl (C=O) groups is 1. The van der Waals surface area contributed by atoms with Crippen LogP contribution in [-0.2, 0) is 0 Å². The van der Waals surface area contributed by atoms with Gasteiger partial charge >= 0.3 is 0 Å². The minimum Gasteiger partial charge on any atom is -0.504 e. The van der Waals surface area contributed by atoms with Crippen molar-refractivity contribution in [3.8, 4) is 11.5 Å². The van der Waals surface area contributed by atoms with Crippen molar-refractivity contribution in [2.45, 2.75) is 0 Å². The highest BCUT2D eigenvalue weighted by Crippen LogP contribution is 2.36. The quantitative estimate of drug-likeness (QED) is 0.442. The molecule has 4 nitrogen and oxygen atoms in total. The number of aldehydes is 1. The normalized spacial score (nSPS) is 11.1. The van der Waals surface area contributed by atoms with Crippen molar-refractivity contribution in [3.63, 3.8) is 0 Å². The van der Waals surface area contributed by atoms with E-state index < -0.39 is 0 Å². The van der Waals surface area contributed by atoms with Gasteiger partial charge < -0.3 is 15.2 Å². The Morgan fingerprint density at radius 3 is 2.65 bits per heavy atom. The lowest BCUT2D eigenvalue weighted by Crippen LogP contribution is -1.77. The van der Waals surface area contributed by atoms with E-state index in [-0.39, 0.29) is 11.5 Å². The van der Waals surface area contributed by atoms with Crippen LogP contribution in [0.3, 0.4) is 0 Å². The number of hydrogen-bond donors (Lipinski definition) is 3. The summed E-state index contributed by atoms with van der Waals surface area (Å²) >= 11 is 0. The highest BCUT2D eigenvalue weighted by atomic mass is 16.3. The zero-order valence-corrected chi connectivity index (χ0v) is 8.77. The van der Waals surface area contributed by atoms with Crippen LogP contribution in [0.4, 0.5) is 0 Å². The van der Waals surface area contributed by atoms with E-state index in [9.17, 15) is 15.0 Å². The Morgan fingerprint density at radius 2 is 1.88 bits per heavy atom. The summed E-state index contributed by atoms with van der Waals surface area (Å²) in [4.78, 5) is 13.7. The van der Waals surface area contributed by atoms with E-state index >= 15 is 0 Å². The number of H-pyrrole nitrogens is 1. The van der Waals surface area contributed by atoms with Crippen LogP contribution in [0.15, 0.2) is 30.3 Å². The molecule has 0 radical (unpaired) electrons. The third-order valence-corrected chi connectivity index (χ3v) is 2.89. The molecule has 0 spiro atoms. The Morgan fingerprint density at radius 1 is 1.06 bits per heavy atom. The fraction of sp³-hybridized carbons (Fsp3) is 0. The first-order valence-electron chi connectivity index (χ1n) is 5.12. The third-order valence-electron chi connectivity index (χ3n) is 2.89. The zero-order valence-electron chi connectivity index (χ0n) is 8.77. The first-order chi connectivity index (χ1) is 8.20. The van der Waals surface area contributed by atoms with Crippen molar-refractivity contribution < 1.29 is 15.0 Å². The van der Waals surface area contributed by atoms with Crippen LogP contribution in [0.1, 0.15) is 10.4 Å². The molecule has 3 N–H and O–H groups in total. The zero-order chi connectivity index (χ0) is 12.0. The molecule has 84 valence electrons. The number of aromatic hydroxyl groups is 2. The summed E-state index contributed by atoms with van der Waals surface area (Å²) in [5.74, 6) is -0.342. The summed E-state index contributed by atoms with van der Waals surface area (Å²) in [5.41, 5.74) is 1.86. The Hall–Kier alpha value is -2.49. The summed E-state index contributed by atoms with van der Waals surface area (Å²) in [7, 11) is 0. The van der Waals surface area contributed by atoms with Gasteiger partial charge in [-0.1, -0.05) is 0 Å². The Bertz CT molecular complexity index is 743. The molecule has 17 heavy (non-hydrogen) atoms. The van der Waals surface area contributed by atoms with E-state index in [1.165, 1.54) is 6.07 Å². The lowest BCUT2D eigenvalue weighted by Gasteiger charge is -1.97. The van der Waals surface area contributed by atoms with Gasteiger partial charge in [-0.3, -0.25) is 4.79 Å². The first-order valence-corrected chi connectivity index (χ1v) is 5.12. The average Bonchev–Trinajstić information content (AvgIpc) is 2.72. The predicted molar refractivity (Wildman–Crippen MR) is 64.5 cm³/mol. The standard InChI is InChI=1S/C13H9NO3/c15-6-7-1-3-10-9(5-7)8-2-4-11(16)13(17)12(8)14-10/h1-6,14,16-17H. The van der Waals surface area contributed by atoms with Gasteiger partial charge in [-0.25, -0.2) is 0 Å². The van der Waals surface area contributed by atoms with Gasteiger partial charge in [0.05, 0.1) is 5.52 Å². The summed E-state index contributed by atoms with van der Waals surface area (Å²) in [5, 5.41) is 20.8. The number of carbonyl (C=O) groups excluding carboxylic acids is 1. The number of aromatic amines is 1. The lowest BCUT2D eigenvalue weighted by molar-refractivity contribution is 0.112. The van der Waals surface area contributed by atoms with Crippen molar-refractivity contribution >= 4 is 28.1 Å². The molecule has 0 fully saturated rings. The fourth-order valence-electron chi connectivity index (χ4n) is 2.03. The summed E-state index contributed by atoms with van der Waals surface area (Å²) in [6.07, 6.45) is 0.776. The molecular formula is C13H9NO3. The smallest absolute Gasteiger partial charge is 0.182 e. The van der Waals surface area contributed by atoms with Gasteiger partial charge in [-0.05, 0) is 30.3 Å². The summed E-state index contributed by atoms with van der Waals surface area (Å²) in [6.45, 7) is 0. The fourth-order valence-corrected chi connectivity index (χ4v) is 2.03. The molecule has 0 bridgehead atoms. The van der Waals surface area contributed by atoms with Gasteiger partial charge in [0.1, 0.15) is 6.29 Å². The van der Waals surface area contributed by atoms with Crippen molar-refractivity contribution in [1.29, 1.82) is 0 Å². The van der Waals surface area contributed by atoms with E-state index in [1.54, 1.807) is 24.3 Å². The predicted octanol–water partition coefficient (Wildman–Crippen LogP) is 2.54. The molecule has 1 heterocycles. The molecule has 0 amide bonds. The Balaban J connectivity index is 2.50. The van der Waals surface area contributed by atoms with Crippen LogP contribution in [-0.4, -0.2) is 21.5 Å². The molecule has 0 saturated heterocycles. The molecule has 0 aliphatic carbocycles. The lowest BCUT2D eigenvalue weighted by atomic mass is 10.1. The molecular weight excluding hydrogens is 218 g/mol. The molecule has 0 saturated carbocycles. The molecule has 0 aliphatic rings. The van der Waals surface area contributed by atoms with E-state index in [4.69, 9.17) is 0 Å². The molecule has 4 heteroatoms. The van der Waals surface area contributed by atoms with E-state index in [2.05, 4.69) is 4.98 Å². The van der Waals surface area contributed by atoms with Crippen molar-refractivity contribution in [3.05, 3.63) is 35.9 Å². The van der Waals surface area contributed by atoms with Crippen LogP contribution in [0.5, 0.6) is 11.5 Å². The van der Waals surface area contributed by atoms with E-state index in [1.807, 2.05) is 0 Å².